The predicted molar refractivity (Wildman–Crippen MR) is 68.2 cm³/mol. The van der Waals surface area contributed by atoms with E-state index in [-0.39, 0.29) is 6.10 Å². The Morgan fingerprint density at radius 1 is 1.47 bits per heavy atom. The van der Waals surface area contributed by atoms with Crippen LogP contribution in [-0.2, 0) is 9.47 Å². The molecular formula is C13H26N2O2. The lowest BCUT2D eigenvalue weighted by atomic mass is 9.89. The number of nitrogens with one attached hydrogen (secondary N) is 1. The van der Waals surface area contributed by atoms with Gasteiger partial charge in [-0.25, -0.2) is 0 Å². The van der Waals surface area contributed by atoms with Crippen molar-refractivity contribution in [3.63, 3.8) is 0 Å². The second kappa shape index (κ2) is 5.65. The van der Waals surface area contributed by atoms with Gasteiger partial charge < -0.3 is 14.8 Å². The molecule has 0 spiro atoms. The third-order valence-corrected chi connectivity index (χ3v) is 3.82. The monoisotopic (exact) mass is 242 g/mol. The highest BCUT2D eigenvalue weighted by Crippen LogP contribution is 2.27. The molecule has 0 aliphatic carbocycles. The lowest BCUT2D eigenvalue weighted by Crippen LogP contribution is -2.51. The highest BCUT2D eigenvalue weighted by molar-refractivity contribution is 4.88. The van der Waals surface area contributed by atoms with E-state index in [1.807, 2.05) is 0 Å². The zero-order chi connectivity index (χ0) is 12.3. The normalized spacial score (nSPS) is 39.7. The number of ether oxygens (including phenoxy) is 2. The van der Waals surface area contributed by atoms with Crippen molar-refractivity contribution in [1.29, 1.82) is 0 Å². The van der Waals surface area contributed by atoms with E-state index in [0.717, 1.165) is 26.2 Å². The molecule has 0 aromatic carbocycles. The first kappa shape index (κ1) is 13.3. The number of hydrogen-bond acceptors (Lipinski definition) is 4. The lowest BCUT2D eigenvalue weighted by Gasteiger charge is -2.40. The van der Waals surface area contributed by atoms with Crippen LogP contribution in [0.15, 0.2) is 0 Å². The zero-order valence-corrected chi connectivity index (χ0v) is 11.4. The van der Waals surface area contributed by atoms with Crippen LogP contribution in [0.4, 0.5) is 0 Å². The van der Waals surface area contributed by atoms with Crippen molar-refractivity contribution in [2.75, 3.05) is 46.4 Å². The van der Waals surface area contributed by atoms with Crippen LogP contribution in [0.2, 0.25) is 0 Å². The van der Waals surface area contributed by atoms with Crippen LogP contribution in [-0.4, -0.2) is 63.5 Å². The Morgan fingerprint density at radius 2 is 2.29 bits per heavy atom. The lowest BCUT2D eigenvalue weighted by molar-refractivity contribution is -0.106. The molecule has 0 amide bonds. The quantitative estimate of drug-likeness (QED) is 0.788. The SMILES string of the molecule is COCC1CN(CC2(C)CCNC2)CC(C)O1. The van der Waals surface area contributed by atoms with Crippen molar-refractivity contribution in [3.05, 3.63) is 0 Å². The summed E-state index contributed by atoms with van der Waals surface area (Å²) in [4.78, 5) is 2.55. The number of morpholine rings is 1. The molecule has 2 fully saturated rings. The maximum Gasteiger partial charge on any atom is 0.0939 e. The van der Waals surface area contributed by atoms with E-state index in [0.29, 0.717) is 18.1 Å². The van der Waals surface area contributed by atoms with Crippen LogP contribution in [0.1, 0.15) is 20.3 Å². The molecule has 17 heavy (non-hydrogen) atoms. The minimum Gasteiger partial charge on any atom is -0.382 e. The highest BCUT2D eigenvalue weighted by atomic mass is 16.5. The van der Waals surface area contributed by atoms with E-state index in [1.54, 1.807) is 7.11 Å². The first-order valence-corrected chi connectivity index (χ1v) is 6.69. The van der Waals surface area contributed by atoms with E-state index in [1.165, 1.54) is 13.0 Å². The van der Waals surface area contributed by atoms with Crippen molar-refractivity contribution in [1.82, 2.24) is 10.2 Å². The third kappa shape index (κ3) is 3.65. The Balaban J connectivity index is 1.86. The first-order chi connectivity index (χ1) is 8.11. The molecule has 2 aliphatic rings. The van der Waals surface area contributed by atoms with Crippen molar-refractivity contribution in [2.45, 2.75) is 32.5 Å². The summed E-state index contributed by atoms with van der Waals surface area (Å²) < 4.78 is 11.1. The van der Waals surface area contributed by atoms with E-state index in [9.17, 15) is 0 Å². The molecule has 0 radical (unpaired) electrons. The molecule has 3 atom stereocenters. The molecule has 4 heteroatoms. The van der Waals surface area contributed by atoms with Gasteiger partial charge in [-0.2, -0.15) is 0 Å². The third-order valence-electron chi connectivity index (χ3n) is 3.82. The highest BCUT2D eigenvalue weighted by Gasteiger charge is 2.34. The van der Waals surface area contributed by atoms with Gasteiger partial charge in [0, 0.05) is 33.3 Å². The van der Waals surface area contributed by atoms with E-state index < -0.39 is 0 Å². The fourth-order valence-electron chi connectivity index (χ4n) is 3.09. The summed E-state index contributed by atoms with van der Waals surface area (Å²) in [6, 6.07) is 0. The average Bonchev–Trinajstić information content (AvgIpc) is 2.64. The summed E-state index contributed by atoms with van der Waals surface area (Å²) in [5, 5.41) is 3.47. The topological polar surface area (TPSA) is 33.7 Å². The van der Waals surface area contributed by atoms with Gasteiger partial charge in [0.05, 0.1) is 18.8 Å². The van der Waals surface area contributed by atoms with Gasteiger partial charge in [-0.15, -0.1) is 0 Å². The number of nitrogens with zero attached hydrogens (tertiary/aromatic N) is 1. The van der Waals surface area contributed by atoms with Crippen molar-refractivity contribution < 1.29 is 9.47 Å². The van der Waals surface area contributed by atoms with Crippen LogP contribution in [0.5, 0.6) is 0 Å². The van der Waals surface area contributed by atoms with Gasteiger partial charge in [0.2, 0.25) is 0 Å². The fraction of sp³-hybridized carbons (Fsp3) is 1.00. The van der Waals surface area contributed by atoms with Gasteiger partial charge in [0.1, 0.15) is 0 Å². The fourth-order valence-corrected chi connectivity index (χ4v) is 3.09. The van der Waals surface area contributed by atoms with Gasteiger partial charge in [0.15, 0.2) is 0 Å². The second-order valence-corrected chi connectivity index (χ2v) is 5.96. The Labute approximate surface area is 105 Å². The van der Waals surface area contributed by atoms with E-state index in [2.05, 4.69) is 24.1 Å². The first-order valence-electron chi connectivity index (χ1n) is 6.69. The summed E-state index contributed by atoms with van der Waals surface area (Å²) in [7, 11) is 1.75. The maximum absolute atomic E-state index is 5.87. The molecule has 0 aromatic rings. The van der Waals surface area contributed by atoms with Crippen LogP contribution in [0.25, 0.3) is 0 Å². The second-order valence-electron chi connectivity index (χ2n) is 5.96. The smallest absolute Gasteiger partial charge is 0.0939 e. The number of rotatable bonds is 4. The van der Waals surface area contributed by atoms with Crippen LogP contribution in [0.3, 0.4) is 0 Å². The number of hydrogen-bond donors (Lipinski definition) is 1. The standard InChI is InChI=1S/C13H26N2O2/c1-11-6-15(7-12(17-11)8-16-3)10-13(2)4-5-14-9-13/h11-12,14H,4-10H2,1-3H3. The minimum absolute atomic E-state index is 0.238. The molecule has 0 saturated carbocycles. The molecule has 2 saturated heterocycles. The van der Waals surface area contributed by atoms with Gasteiger partial charge >= 0.3 is 0 Å². The van der Waals surface area contributed by atoms with E-state index in [4.69, 9.17) is 9.47 Å². The summed E-state index contributed by atoms with van der Waals surface area (Å²) in [6.45, 7) is 10.8. The molecular weight excluding hydrogens is 216 g/mol. The molecule has 4 nitrogen and oxygen atoms in total. The van der Waals surface area contributed by atoms with Crippen LogP contribution >= 0.6 is 0 Å². The molecule has 1 N–H and O–H groups in total. The van der Waals surface area contributed by atoms with Gasteiger partial charge in [-0.1, -0.05) is 6.92 Å². The van der Waals surface area contributed by atoms with Crippen LogP contribution in [0, 0.1) is 5.41 Å². The zero-order valence-electron chi connectivity index (χ0n) is 11.4. The molecule has 2 heterocycles. The predicted octanol–water partition coefficient (Wildman–Crippen LogP) is 0.722. The molecule has 2 rings (SSSR count). The Bertz CT molecular complexity index is 242. The summed E-state index contributed by atoms with van der Waals surface area (Å²) >= 11 is 0. The molecule has 3 unspecified atom stereocenters. The van der Waals surface area contributed by atoms with Crippen molar-refractivity contribution in [3.8, 4) is 0 Å². The Hall–Kier alpha value is -0.160. The molecule has 2 aliphatic heterocycles. The van der Waals surface area contributed by atoms with Crippen molar-refractivity contribution >= 4 is 0 Å². The van der Waals surface area contributed by atoms with Crippen molar-refractivity contribution in [2.24, 2.45) is 5.41 Å². The minimum atomic E-state index is 0.238. The number of methoxy groups -OCH3 is 1. The van der Waals surface area contributed by atoms with Gasteiger partial charge in [0.25, 0.3) is 0 Å². The maximum atomic E-state index is 5.87. The van der Waals surface area contributed by atoms with Gasteiger partial charge in [-0.3, -0.25) is 4.90 Å². The average molecular weight is 242 g/mol. The molecule has 0 aromatic heterocycles. The molecule has 100 valence electrons. The Morgan fingerprint density at radius 3 is 2.94 bits per heavy atom. The van der Waals surface area contributed by atoms with Crippen LogP contribution < -0.4 is 5.32 Å². The summed E-state index contributed by atoms with van der Waals surface area (Å²) in [5.41, 5.74) is 0.439. The van der Waals surface area contributed by atoms with E-state index >= 15 is 0 Å². The summed E-state index contributed by atoms with van der Waals surface area (Å²) in [6.07, 6.45) is 1.84. The van der Waals surface area contributed by atoms with Gasteiger partial charge in [-0.05, 0) is 25.3 Å². The largest absolute Gasteiger partial charge is 0.382 e. The molecule has 0 bridgehead atoms. The Kier molecular flexibility index (Phi) is 4.42. The summed E-state index contributed by atoms with van der Waals surface area (Å²) in [5.74, 6) is 0.